The molecule has 1 aliphatic rings. The maximum Gasteiger partial charge on any atom is 0.248 e. The summed E-state index contributed by atoms with van der Waals surface area (Å²) in [6.45, 7) is 4.94. The normalized spacial score (nSPS) is 21.8. The third kappa shape index (κ3) is 4.57. The Labute approximate surface area is 144 Å². The second-order valence-electron chi connectivity index (χ2n) is 6.44. The van der Waals surface area contributed by atoms with Crippen LogP contribution in [0.3, 0.4) is 0 Å². The van der Waals surface area contributed by atoms with E-state index in [0.717, 1.165) is 18.4 Å². The van der Waals surface area contributed by atoms with Crippen LogP contribution < -0.4 is 5.32 Å². The van der Waals surface area contributed by atoms with E-state index >= 15 is 0 Å². The average molecular weight is 332 g/mol. The number of likely N-dealkylation sites (tertiary alicyclic amines) is 1. The molecule has 0 radical (unpaired) electrons. The van der Waals surface area contributed by atoms with Gasteiger partial charge in [-0.1, -0.05) is 43.7 Å². The van der Waals surface area contributed by atoms with Crippen molar-refractivity contribution < 1.29 is 14.3 Å². The Balaban J connectivity index is 1.93. The molecule has 3 atom stereocenters. The lowest BCUT2D eigenvalue weighted by molar-refractivity contribution is -0.132. The lowest BCUT2D eigenvalue weighted by Gasteiger charge is -2.26. The van der Waals surface area contributed by atoms with Crippen molar-refractivity contribution in [3.63, 3.8) is 0 Å². The quantitative estimate of drug-likeness (QED) is 0.744. The van der Waals surface area contributed by atoms with E-state index < -0.39 is 6.10 Å². The number of nitrogens with one attached hydrogen (secondary N) is 1. The lowest BCUT2D eigenvalue weighted by atomic mass is 9.93. The minimum absolute atomic E-state index is 0.00955. The Kier molecular flexibility index (Phi) is 6.79. The third-order valence-corrected chi connectivity index (χ3v) is 4.61. The van der Waals surface area contributed by atoms with Crippen LogP contribution in [0.4, 0.5) is 0 Å². The Morgan fingerprint density at radius 3 is 2.75 bits per heavy atom. The summed E-state index contributed by atoms with van der Waals surface area (Å²) in [5, 5.41) is 2.95. The van der Waals surface area contributed by atoms with Gasteiger partial charge in [-0.25, -0.2) is 0 Å². The van der Waals surface area contributed by atoms with Crippen LogP contribution in [0.15, 0.2) is 30.3 Å². The predicted molar refractivity (Wildman–Crippen MR) is 93.4 cm³/mol. The van der Waals surface area contributed by atoms with Gasteiger partial charge in [0, 0.05) is 32.5 Å². The fourth-order valence-corrected chi connectivity index (χ4v) is 3.14. The van der Waals surface area contributed by atoms with Crippen molar-refractivity contribution in [2.45, 2.75) is 45.3 Å². The summed E-state index contributed by atoms with van der Waals surface area (Å²) in [7, 11) is 1.83. The van der Waals surface area contributed by atoms with E-state index in [9.17, 15) is 9.59 Å². The molecular weight excluding hydrogens is 304 g/mol. The van der Waals surface area contributed by atoms with Crippen LogP contribution in [0.2, 0.25) is 0 Å². The summed E-state index contributed by atoms with van der Waals surface area (Å²) < 4.78 is 5.52. The second kappa shape index (κ2) is 8.83. The Hall–Kier alpha value is -1.88. The maximum absolute atomic E-state index is 12.2. The third-order valence-electron chi connectivity index (χ3n) is 4.61. The van der Waals surface area contributed by atoms with E-state index in [1.807, 2.05) is 37.4 Å². The number of rotatable bonds is 8. The number of nitrogens with zero attached hydrogens (tertiary/aromatic N) is 1. The SMILES string of the molecule is CCCCO[C@H](C)C(=O)NC[C@H]1CC(=O)N(C)[C@@H]1c1ccccc1. The number of hydrogen-bond donors (Lipinski definition) is 1. The van der Waals surface area contributed by atoms with Crippen molar-refractivity contribution in [2.24, 2.45) is 5.92 Å². The Bertz CT molecular complexity index is 547. The molecule has 5 heteroatoms. The lowest BCUT2D eigenvalue weighted by Crippen LogP contribution is -2.38. The maximum atomic E-state index is 12.2. The molecule has 1 aliphatic heterocycles. The van der Waals surface area contributed by atoms with Gasteiger partial charge in [0.05, 0.1) is 6.04 Å². The monoisotopic (exact) mass is 332 g/mol. The zero-order valence-electron chi connectivity index (χ0n) is 14.8. The van der Waals surface area contributed by atoms with Crippen LogP contribution >= 0.6 is 0 Å². The van der Waals surface area contributed by atoms with Gasteiger partial charge in [-0.2, -0.15) is 0 Å². The summed E-state index contributed by atoms with van der Waals surface area (Å²) in [5.74, 6) is 0.0898. The number of ether oxygens (including phenoxy) is 1. The van der Waals surface area contributed by atoms with Crippen LogP contribution in [0, 0.1) is 5.92 Å². The highest BCUT2D eigenvalue weighted by Gasteiger charge is 2.38. The molecule has 0 unspecified atom stereocenters. The molecule has 5 nitrogen and oxygen atoms in total. The minimum atomic E-state index is -0.457. The van der Waals surface area contributed by atoms with E-state index in [4.69, 9.17) is 4.74 Å². The van der Waals surface area contributed by atoms with Gasteiger partial charge < -0.3 is 15.0 Å². The average Bonchev–Trinajstić information content (AvgIpc) is 2.88. The van der Waals surface area contributed by atoms with Crippen molar-refractivity contribution in [1.82, 2.24) is 10.2 Å². The number of hydrogen-bond acceptors (Lipinski definition) is 3. The highest BCUT2D eigenvalue weighted by atomic mass is 16.5. The number of carbonyl (C=O) groups excluding carboxylic acids is 2. The van der Waals surface area contributed by atoms with Crippen molar-refractivity contribution in [3.05, 3.63) is 35.9 Å². The van der Waals surface area contributed by atoms with Crippen LogP contribution in [0.5, 0.6) is 0 Å². The molecule has 1 heterocycles. The molecule has 1 aromatic rings. The first-order chi connectivity index (χ1) is 11.5. The summed E-state index contributed by atoms with van der Waals surface area (Å²) in [5.41, 5.74) is 1.11. The molecule has 1 aromatic carbocycles. The first kappa shape index (κ1) is 18.5. The molecule has 0 saturated carbocycles. The number of benzene rings is 1. The van der Waals surface area contributed by atoms with Crippen LogP contribution in [-0.4, -0.2) is 43.0 Å². The van der Waals surface area contributed by atoms with Gasteiger partial charge in [0.1, 0.15) is 6.10 Å². The van der Waals surface area contributed by atoms with Gasteiger partial charge in [-0.3, -0.25) is 9.59 Å². The van der Waals surface area contributed by atoms with Gasteiger partial charge in [0.15, 0.2) is 0 Å². The predicted octanol–water partition coefficient (Wildman–Crippen LogP) is 2.53. The molecule has 2 rings (SSSR count). The fourth-order valence-electron chi connectivity index (χ4n) is 3.14. The molecule has 0 aliphatic carbocycles. The van der Waals surface area contributed by atoms with E-state index in [1.54, 1.807) is 11.8 Å². The number of carbonyl (C=O) groups is 2. The number of unbranched alkanes of at least 4 members (excludes halogenated alkanes) is 1. The second-order valence-corrected chi connectivity index (χ2v) is 6.44. The molecule has 132 valence electrons. The number of amides is 2. The first-order valence-corrected chi connectivity index (χ1v) is 8.74. The molecule has 1 N–H and O–H groups in total. The summed E-state index contributed by atoms with van der Waals surface area (Å²) in [6, 6.07) is 9.99. The van der Waals surface area contributed by atoms with Crippen molar-refractivity contribution >= 4 is 11.8 Å². The molecule has 24 heavy (non-hydrogen) atoms. The summed E-state index contributed by atoms with van der Waals surface area (Å²) in [6.07, 6.45) is 2.00. The highest BCUT2D eigenvalue weighted by Crippen LogP contribution is 2.36. The van der Waals surface area contributed by atoms with Crippen molar-refractivity contribution in [1.29, 1.82) is 0 Å². The van der Waals surface area contributed by atoms with Gasteiger partial charge in [-0.15, -0.1) is 0 Å². The molecule has 0 spiro atoms. The van der Waals surface area contributed by atoms with Gasteiger partial charge in [-0.05, 0) is 18.9 Å². The molecule has 2 amide bonds. The van der Waals surface area contributed by atoms with E-state index in [2.05, 4.69) is 12.2 Å². The molecule has 1 saturated heterocycles. The van der Waals surface area contributed by atoms with E-state index in [-0.39, 0.29) is 23.8 Å². The van der Waals surface area contributed by atoms with Crippen LogP contribution in [0.25, 0.3) is 0 Å². The van der Waals surface area contributed by atoms with Crippen LogP contribution in [0.1, 0.15) is 44.7 Å². The van der Waals surface area contributed by atoms with Gasteiger partial charge in [0.25, 0.3) is 0 Å². The molecule has 0 bridgehead atoms. The van der Waals surface area contributed by atoms with Gasteiger partial charge >= 0.3 is 0 Å². The van der Waals surface area contributed by atoms with Crippen molar-refractivity contribution in [3.8, 4) is 0 Å². The van der Waals surface area contributed by atoms with Gasteiger partial charge in [0.2, 0.25) is 11.8 Å². The highest BCUT2D eigenvalue weighted by molar-refractivity contribution is 5.81. The zero-order valence-corrected chi connectivity index (χ0v) is 14.8. The Morgan fingerprint density at radius 2 is 2.08 bits per heavy atom. The first-order valence-electron chi connectivity index (χ1n) is 8.74. The standard InChI is InChI=1S/C19H28N2O3/c1-4-5-11-24-14(2)19(23)20-13-16-12-17(22)21(3)18(16)15-9-7-6-8-10-15/h6-10,14,16,18H,4-5,11-13H2,1-3H3,(H,20,23)/t14-,16-,18-/m1/s1. The molecule has 1 fully saturated rings. The van der Waals surface area contributed by atoms with E-state index in [1.165, 1.54) is 0 Å². The summed E-state index contributed by atoms with van der Waals surface area (Å²) >= 11 is 0. The molecular formula is C19H28N2O3. The Morgan fingerprint density at radius 1 is 1.38 bits per heavy atom. The van der Waals surface area contributed by atoms with E-state index in [0.29, 0.717) is 19.6 Å². The van der Waals surface area contributed by atoms with Crippen molar-refractivity contribution in [2.75, 3.05) is 20.2 Å². The minimum Gasteiger partial charge on any atom is -0.369 e. The smallest absolute Gasteiger partial charge is 0.248 e. The summed E-state index contributed by atoms with van der Waals surface area (Å²) in [4.78, 5) is 26.1. The topological polar surface area (TPSA) is 58.6 Å². The van der Waals surface area contributed by atoms with Crippen LogP contribution in [-0.2, 0) is 14.3 Å². The molecule has 0 aromatic heterocycles. The largest absolute Gasteiger partial charge is 0.369 e. The zero-order chi connectivity index (χ0) is 17.5. The fraction of sp³-hybridized carbons (Fsp3) is 0.579.